The summed E-state index contributed by atoms with van der Waals surface area (Å²) in [5.74, 6) is 0.712. The van der Waals surface area contributed by atoms with Crippen molar-refractivity contribution in [3.05, 3.63) is 51.8 Å². The Bertz CT molecular complexity index is 705. The fraction of sp³-hybridized carbons (Fsp3) is 0.294. The molecule has 4 nitrogen and oxygen atoms in total. The number of hydrogen-bond acceptors (Lipinski definition) is 3. The third kappa shape index (κ3) is 3.85. The molecule has 0 atom stereocenters. The molecule has 116 valence electrons. The maximum absolute atomic E-state index is 12.3. The van der Waals surface area contributed by atoms with Crippen LogP contribution in [0, 0.1) is 6.92 Å². The van der Waals surface area contributed by atoms with Gasteiger partial charge >= 0.3 is 0 Å². The van der Waals surface area contributed by atoms with Gasteiger partial charge < -0.3 is 4.74 Å². The average molecular weight is 363 g/mol. The van der Waals surface area contributed by atoms with E-state index in [1.807, 2.05) is 32.2 Å². The van der Waals surface area contributed by atoms with Crippen molar-refractivity contribution < 1.29 is 9.53 Å². The van der Waals surface area contributed by atoms with Crippen molar-refractivity contribution in [3.8, 4) is 5.75 Å². The molecule has 0 fully saturated rings. The molecule has 2 aromatic rings. The lowest BCUT2D eigenvalue weighted by atomic mass is 10.1. The predicted octanol–water partition coefficient (Wildman–Crippen LogP) is 4.18. The SMILES string of the molecule is CCCOc1ccc(Br)cc1/C=C/C(=O)c1cnn(C)c1C. The van der Waals surface area contributed by atoms with Crippen LogP contribution >= 0.6 is 15.9 Å². The molecule has 1 heterocycles. The van der Waals surface area contributed by atoms with Crippen molar-refractivity contribution in [1.82, 2.24) is 9.78 Å². The third-order valence-electron chi connectivity index (χ3n) is 3.35. The van der Waals surface area contributed by atoms with E-state index in [1.165, 1.54) is 0 Å². The van der Waals surface area contributed by atoms with Gasteiger partial charge in [0.2, 0.25) is 0 Å². The smallest absolute Gasteiger partial charge is 0.189 e. The molecule has 0 amide bonds. The Morgan fingerprint density at radius 2 is 2.23 bits per heavy atom. The first-order valence-electron chi connectivity index (χ1n) is 7.16. The molecule has 0 radical (unpaired) electrons. The van der Waals surface area contributed by atoms with Crippen LogP contribution in [0.5, 0.6) is 5.75 Å². The maximum atomic E-state index is 12.3. The zero-order valence-electron chi connectivity index (χ0n) is 13.0. The Hall–Kier alpha value is -1.88. The second-order valence-electron chi connectivity index (χ2n) is 5.00. The summed E-state index contributed by atoms with van der Waals surface area (Å²) >= 11 is 3.44. The standard InChI is InChI=1S/C17H19BrN2O2/c1-4-9-22-17-8-6-14(18)10-13(17)5-7-16(21)15-11-19-20(3)12(15)2/h5-8,10-11H,4,9H2,1-3H3/b7-5+. The summed E-state index contributed by atoms with van der Waals surface area (Å²) in [7, 11) is 1.82. The van der Waals surface area contributed by atoms with Crippen molar-refractivity contribution in [2.24, 2.45) is 7.05 Å². The van der Waals surface area contributed by atoms with E-state index in [1.54, 1.807) is 23.0 Å². The van der Waals surface area contributed by atoms with Crippen molar-refractivity contribution in [2.45, 2.75) is 20.3 Å². The number of aromatic nitrogens is 2. The number of aryl methyl sites for hydroxylation is 1. The van der Waals surface area contributed by atoms with E-state index < -0.39 is 0 Å². The van der Waals surface area contributed by atoms with Crippen molar-refractivity contribution in [2.75, 3.05) is 6.61 Å². The first-order valence-corrected chi connectivity index (χ1v) is 7.95. The molecule has 0 N–H and O–H groups in total. The fourth-order valence-corrected chi connectivity index (χ4v) is 2.37. The lowest BCUT2D eigenvalue weighted by Crippen LogP contribution is -1.99. The summed E-state index contributed by atoms with van der Waals surface area (Å²) in [5.41, 5.74) is 2.34. The molecule has 5 heteroatoms. The lowest BCUT2D eigenvalue weighted by Gasteiger charge is -2.08. The Balaban J connectivity index is 2.23. The van der Waals surface area contributed by atoms with E-state index >= 15 is 0 Å². The van der Waals surface area contributed by atoms with E-state index in [2.05, 4.69) is 28.0 Å². The summed E-state index contributed by atoms with van der Waals surface area (Å²) in [5, 5.41) is 4.09. The molecule has 0 aliphatic carbocycles. The van der Waals surface area contributed by atoms with Gasteiger partial charge in [-0.2, -0.15) is 5.10 Å². The molecule has 2 rings (SSSR count). The van der Waals surface area contributed by atoms with Crippen LogP contribution in [0.4, 0.5) is 0 Å². The number of allylic oxidation sites excluding steroid dienone is 1. The van der Waals surface area contributed by atoms with Gasteiger partial charge in [0.25, 0.3) is 0 Å². The molecule has 22 heavy (non-hydrogen) atoms. The van der Waals surface area contributed by atoms with Gasteiger partial charge in [-0.05, 0) is 43.7 Å². The molecule has 0 saturated carbocycles. The second kappa shape index (κ2) is 7.40. The largest absolute Gasteiger partial charge is 0.493 e. The van der Waals surface area contributed by atoms with Crippen LogP contribution in [0.2, 0.25) is 0 Å². The number of benzene rings is 1. The number of ketones is 1. The molecule has 1 aromatic heterocycles. The molecule has 0 unspecified atom stereocenters. The van der Waals surface area contributed by atoms with Crippen molar-refractivity contribution in [1.29, 1.82) is 0 Å². The molecule has 0 bridgehead atoms. The van der Waals surface area contributed by atoms with Gasteiger partial charge in [-0.25, -0.2) is 0 Å². The number of hydrogen-bond donors (Lipinski definition) is 0. The maximum Gasteiger partial charge on any atom is 0.189 e. The summed E-state index contributed by atoms with van der Waals surface area (Å²) < 4.78 is 8.34. The number of carbonyl (C=O) groups is 1. The van der Waals surface area contributed by atoms with E-state index in [9.17, 15) is 4.79 Å². The molecular weight excluding hydrogens is 344 g/mol. The van der Waals surface area contributed by atoms with Crippen LogP contribution < -0.4 is 4.74 Å². The van der Waals surface area contributed by atoms with Crippen molar-refractivity contribution in [3.63, 3.8) is 0 Å². The lowest BCUT2D eigenvalue weighted by molar-refractivity contribution is 0.104. The van der Waals surface area contributed by atoms with Gasteiger partial charge in [0.05, 0.1) is 18.4 Å². The number of carbonyl (C=O) groups excluding carboxylic acids is 1. The summed E-state index contributed by atoms with van der Waals surface area (Å²) in [6.45, 7) is 4.59. The zero-order valence-corrected chi connectivity index (χ0v) is 14.6. The highest BCUT2D eigenvalue weighted by molar-refractivity contribution is 9.10. The van der Waals surface area contributed by atoms with Crippen LogP contribution in [-0.2, 0) is 7.05 Å². The monoisotopic (exact) mass is 362 g/mol. The Morgan fingerprint density at radius 3 is 2.86 bits per heavy atom. The first-order chi connectivity index (χ1) is 10.5. The predicted molar refractivity (Wildman–Crippen MR) is 91.2 cm³/mol. The van der Waals surface area contributed by atoms with E-state index in [0.29, 0.717) is 12.2 Å². The second-order valence-corrected chi connectivity index (χ2v) is 5.91. The van der Waals surface area contributed by atoms with Gasteiger partial charge in [0, 0.05) is 22.8 Å². The molecule has 0 aliphatic heterocycles. The minimum atomic E-state index is -0.0629. The van der Waals surface area contributed by atoms with Gasteiger partial charge in [0.1, 0.15) is 5.75 Å². The normalized spacial score (nSPS) is 11.1. The van der Waals surface area contributed by atoms with Gasteiger partial charge in [0.15, 0.2) is 5.78 Å². The molecule has 1 aromatic carbocycles. The first kappa shape index (κ1) is 16.5. The quantitative estimate of drug-likeness (QED) is 0.571. The van der Waals surface area contributed by atoms with Crippen molar-refractivity contribution >= 4 is 27.8 Å². The van der Waals surface area contributed by atoms with Crippen LogP contribution in [0.3, 0.4) is 0 Å². The minimum Gasteiger partial charge on any atom is -0.493 e. The zero-order chi connectivity index (χ0) is 16.1. The minimum absolute atomic E-state index is 0.0629. The van der Waals surface area contributed by atoms with Crippen LogP contribution in [0.15, 0.2) is 34.9 Å². The van der Waals surface area contributed by atoms with E-state index in [0.717, 1.165) is 27.9 Å². The molecule has 0 aliphatic rings. The van der Waals surface area contributed by atoms with Gasteiger partial charge in [-0.1, -0.05) is 22.9 Å². The van der Waals surface area contributed by atoms with Crippen LogP contribution in [0.1, 0.15) is 35.0 Å². The highest BCUT2D eigenvalue weighted by Gasteiger charge is 2.10. The molecular formula is C17H19BrN2O2. The van der Waals surface area contributed by atoms with Gasteiger partial charge in [-0.3, -0.25) is 9.48 Å². The molecule has 0 saturated heterocycles. The highest BCUT2D eigenvalue weighted by Crippen LogP contribution is 2.25. The Kier molecular flexibility index (Phi) is 5.55. The third-order valence-corrected chi connectivity index (χ3v) is 3.84. The average Bonchev–Trinajstić information content (AvgIpc) is 2.83. The summed E-state index contributed by atoms with van der Waals surface area (Å²) in [4.78, 5) is 12.3. The Labute approximate surface area is 138 Å². The summed E-state index contributed by atoms with van der Waals surface area (Å²) in [6.07, 6.45) is 5.87. The number of rotatable bonds is 6. The topological polar surface area (TPSA) is 44.1 Å². The Morgan fingerprint density at radius 1 is 1.45 bits per heavy atom. The molecule has 0 spiro atoms. The fourth-order valence-electron chi connectivity index (χ4n) is 1.99. The van der Waals surface area contributed by atoms with Gasteiger partial charge in [-0.15, -0.1) is 0 Å². The number of halogens is 1. The van der Waals surface area contributed by atoms with Crippen LogP contribution in [0.25, 0.3) is 6.08 Å². The van der Waals surface area contributed by atoms with E-state index in [4.69, 9.17) is 4.74 Å². The number of ether oxygens (including phenoxy) is 1. The number of nitrogens with zero attached hydrogens (tertiary/aromatic N) is 2. The van der Waals surface area contributed by atoms with Crippen LogP contribution in [-0.4, -0.2) is 22.2 Å². The summed E-state index contributed by atoms with van der Waals surface area (Å²) in [6, 6.07) is 5.76. The van der Waals surface area contributed by atoms with E-state index in [-0.39, 0.29) is 5.78 Å². The highest BCUT2D eigenvalue weighted by atomic mass is 79.9.